The molecule has 0 spiro atoms. The molecule has 100 valence electrons. The van der Waals surface area contributed by atoms with Crippen molar-refractivity contribution in [2.24, 2.45) is 0 Å². The van der Waals surface area contributed by atoms with Gasteiger partial charge in [-0.05, 0) is 17.7 Å². The second kappa shape index (κ2) is 5.22. The summed E-state index contributed by atoms with van der Waals surface area (Å²) in [5.41, 5.74) is 1.95. The largest absolute Gasteiger partial charge is 0.480 e. The van der Waals surface area contributed by atoms with Crippen molar-refractivity contribution >= 4 is 10.9 Å². The van der Waals surface area contributed by atoms with Gasteiger partial charge in [0.2, 0.25) is 5.88 Å². The van der Waals surface area contributed by atoms with E-state index in [2.05, 4.69) is 15.0 Å². The smallest absolute Gasteiger partial charge is 0.238 e. The minimum atomic E-state index is -0.911. The molecular weight excluding hydrogens is 254 g/mol. The van der Waals surface area contributed by atoms with Gasteiger partial charge in [-0.1, -0.05) is 18.2 Å². The number of pyridine rings is 1. The van der Waals surface area contributed by atoms with Crippen molar-refractivity contribution < 1.29 is 9.84 Å². The zero-order chi connectivity index (χ0) is 13.9. The molecule has 2 aromatic heterocycles. The molecule has 3 rings (SSSR count). The van der Waals surface area contributed by atoms with E-state index in [1.54, 1.807) is 6.20 Å². The number of aliphatic hydroxyl groups is 1. The topological polar surface area (TPSA) is 68.1 Å². The predicted molar refractivity (Wildman–Crippen MR) is 74.4 cm³/mol. The molecule has 0 radical (unpaired) electrons. The zero-order valence-electron chi connectivity index (χ0n) is 10.9. The molecule has 5 nitrogen and oxygen atoms in total. The van der Waals surface area contributed by atoms with Gasteiger partial charge in [0.05, 0.1) is 12.6 Å². The first-order chi connectivity index (χ1) is 9.81. The third kappa shape index (κ3) is 2.08. The van der Waals surface area contributed by atoms with Crippen LogP contribution in [0.2, 0.25) is 0 Å². The van der Waals surface area contributed by atoms with Gasteiger partial charge in [0.1, 0.15) is 11.8 Å². The van der Waals surface area contributed by atoms with Crippen molar-refractivity contribution in [1.82, 2.24) is 15.0 Å². The van der Waals surface area contributed by atoms with Crippen LogP contribution in [0.3, 0.4) is 0 Å². The molecule has 0 aliphatic carbocycles. The lowest BCUT2D eigenvalue weighted by atomic mass is 10.0. The quantitative estimate of drug-likeness (QED) is 0.787. The third-order valence-corrected chi connectivity index (χ3v) is 3.12. The van der Waals surface area contributed by atoms with E-state index in [0.29, 0.717) is 11.6 Å². The first-order valence-electron chi connectivity index (χ1n) is 6.18. The van der Waals surface area contributed by atoms with Crippen LogP contribution in [-0.4, -0.2) is 27.2 Å². The highest BCUT2D eigenvalue weighted by Gasteiger charge is 2.19. The van der Waals surface area contributed by atoms with Crippen molar-refractivity contribution in [3.8, 4) is 5.88 Å². The summed E-state index contributed by atoms with van der Waals surface area (Å²) in [6, 6.07) is 9.37. The summed E-state index contributed by atoms with van der Waals surface area (Å²) in [5.74, 6) is 0.320. The second-order valence-electron chi connectivity index (χ2n) is 4.27. The summed E-state index contributed by atoms with van der Waals surface area (Å²) in [5, 5.41) is 11.5. The number of hydrogen-bond donors (Lipinski definition) is 1. The number of fused-ring (bicyclic) bond motifs is 1. The van der Waals surface area contributed by atoms with Gasteiger partial charge in [-0.2, -0.15) is 0 Å². The summed E-state index contributed by atoms with van der Waals surface area (Å²) in [6.07, 6.45) is 3.87. The number of aliphatic hydroxyl groups excluding tert-OH is 1. The number of rotatable bonds is 3. The number of benzene rings is 1. The van der Waals surface area contributed by atoms with E-state index in [0.717, 1.165) is 16.5 Å². The van der Waals surface area contributed by atoms with Crippen molar-refractivity contribution in [1.29, 1.82) is 0 Å². The summed E-state index contributed by atoms with van der Waals surface area (Å²) < 4.78 is 5.15. The molecule has 2 heterocycles. The van der Waals surface area contributed by atoms with Crippen LogP contribution in [0.5, 0.6) is 5.88 Å². The van der Waals surface area contributed by atoms with E-state index in [1.165, 1.54) is 19.5 Å². The van der Waals surface area contributed by atoms with Gasteiger partial charge in [-0.3, -0.25) is 9.97 Å². The Bertz CT molecular complexity index is 741. The van der Waals surface area contributed by atoms with E-state index >= 15 is 0 Å². The molecule has 20 heavy (non-hydrogen) atoms. The number of hydrogen-bond acceptors (Lipinski definition) is 5. The van der Waals surface area contributed by atoms with Crippen molar-refractivity contribution in [2.75, 3.05) is 7.11 Å². The van der Waals surface area contributed by atoms with Crippen LogP contribution in [0, 0.1) is 0 Å². The standard InChI is InChI=1S/C15H13N3O2/c1-20-15-13(17-8-9-18-15)14(19)11-4-2-6-12-10(11)5-3-7-16-12/h2-9,14,19H,1H3. The van der Waals surface area contributed by atoms with Crippen LogP contribution in [0.25, 0.3) is 10.9 Å². The van der Waals surface area contributed by atoms with Gasteiger partial charge >= 0.3 is 0 Å². The van der Waals surface area contributed by atoms with E-state index in [-0.39, 0.29) is 0 Å². The van der Waals surface area contributed by atoms with Crippen LogP contribution < -0.4 is 4.74 Å². The number of aromatic nitrogens is 3. The highest BCUT2D eigenvalue weighted by molar-refractivity contribution is 5.82. The second-order valence-corrected chi connectivity index (χ2v) is 4.27. The minimum absolute atomic E-state index is 0.320. The molecule has 0 bridgehead atoms. The van der Waals surface area contributed by atoms with Gasteiger partial charge in [-0.15, -0.1) is 0 Å². The summed E-state index contributed by atoms with van der Waals surface area (Å²) in [7, 11) is 1.50. The Morgan fingerprint density at radius 2 is 1.85 bits per heavy atom. The fourth-order valence-electron chi connectivity index (χ4n) is 2.19. The fourth-order valence-corrected chi connectivity index (χ4v) is 2.19. The molecule has 1 aromatic carbocycles. The Morgan fingerprint density at radius 3 is 2.70 bits per heavy atom. The fraction of sp³-hybridized carbons (Fsp3) is 0.133. The first kappa shape index (κ1) is 12.5. The molecule has 1 N–H and O–H groups in total. The van der Waals surface area contributed by atoms with E-state index in [1.807, 2.05) is 30.3 Å². The average Bonchev–Trinajstić information content (AvgIpc) is 2.53. The minimum Gasteiger partial charge on any atom is -0.480 e. The molecule has 5 heteroatoms. The van der Waals surface area contributed by atoms with Crippen LogP contribution >= 0.6 is 0 Å². The van der Waals surface area contributed by atoms with E-state index in [9.17, 15) is 5.11 Å². The van der Waals surface area contributed by atoms with Gasteiger partial charge in [0.25, 0.3) is 0 Å². The SMILES string of the molecule is COc1nccnc1C(O)c1cccc2ncccc12. The Balaban J connectivity index is 2.15. The molecule has 0 aliphatic heterocycles. The van der Waals surface area contributed by atoms with Crippen molar-refractivity contribution in [2.45, 2.75) is 6.10 Å². The Hall–Kier alpha value is -2.53. The maximum Gasteiger partial charge on any atom is 0.238 e. The molecule has 0 aliphatic rings. The third-order valence-electron chi connectivity index (χ3n) is 3.12. The van der Waals surface area contributed by atoms with Crippen LogP contribution in [-0.2, 0) is 0 Å². The Morgan fingerprint density at radius 1 is 1.00 bits per heavy atom. The van der Waals surface area contributed by atoms with Gasteiger partial charge < -0.3 is 9.84 Å². The predicted octanol–water partition coefficient (Wildman–Crippen LogP) is 2.12. The average molecular weight is 267 g/mol. The Labute approximate surface area is 115 Å². The summed E-state index contributed by atoms with van der Waals surface area (Å²) in [4.78, 5) is 12.5. The van der Waals surface area contributed by atoms with E-state index in [4.69, 9.17) is 4.74 Å². The lowest BCUT2D eigenvalue weighted by Crippen LogP contribution is -2.06. The highest BCUT2D eigenvalue weighted by atomic mass is 16.5. The molecule has 1 unspecified atom stereocenters. The van der Waals surface area contributed by atoms with Crippen LogP contribution in [0.4, 0.5) is 0 Å². The van der Waals surface area contributed by atoms with Gasteiger partial charge in [-0.25, -0.2) is 4.98 Å². The molecule has 0 amide bonds. The maximum atomic E-state index is 10.6. The lowest BCUT2D eigenvalue weighted by molar-refractivity contribution is 0.209. The Kier molecular flexibility index (Phi) is 3.26. The molecule has 1 atom stereocenters. The van der Waals surface area contributed by atoms with Crippen LogP contribution in [0.15, 0.2) is 48.9 Å². The molecule has 0 saturated heterocycles. The molecular formula is C15H13N3O2. The normalized spacial score (nSPS) is 12.3. The first-order valence-corrected chi connectivity index (χ1v) is 6.18. The molecule has 3 aromatic rings. The summed E-state index contributed by atoms with van der Waals surface area (Å²) in [6.45, 7) is 0. The van der Waals surface area contributed by atoms with Crippen molar-refractivity contribution in [3.05, 3.63) is 60.2 Å². The molecule has 0 saturated carbocycles. The van der Waals surface area contributed by atoms with Crippen molar-refractivity contribution in [3.63, 3.8) is 0 Å². The number of nitrogens with zero attached hydrogens (tertiary/aromatic N) is 3. The number of methoxy groups -OCH3 is 1. The highest BCUT2D eigenvalue weighted by Crippen LogP contribution is 2.30. The van der Waals surface area contributed by atoms with Crippen LogP contribution in [0.1, 0.15) is 17.4 Å². The molecule has 0 fully saturated rings. The maximum absolute atomic E-state index is 10.6. The monoisotopic (exact) mass is 267 g/mol. The zero-order valence-corrected chi connectivity index (χ0v) is 10.9. The van der Waals surface area contributed by atoms with Gasteiger partial charge in [0, 0.05) is 24.0 Å². The number of ether oxygens (including phenoxy) is 1. The van der Waals surface area contributed by atoms with Gasteiger partial charge in [0.15, 0.2) is 0 Å². The summed E-state index contributed by atoms with van der Waals surface area (Å²) >= 11 is 0. The van der Waals surface area contributed by atoms with E-state index < -0.39 is 6.10 Å². The lowest BCUT2D eigenvalue weighted by Gasteiger charge is -2.14.